The Hall–Kier alpha value is -1.90. The second-order valence-electron chi connectivity index (χ2n) is 7.70. The number of pyridine rings is 1. The van der Waals surface area contributed by atoms with Crippen LogP contribution in [-0.4, -0.2) is 11.0 Å². The molecule has 0 saturated carbocycles. The van der Waals surface area contributed by atoms with E-state index in [0.29, 0.717) is 13.0 Å². The number of carbonyl (C=O) groups is 1. The average Bonchev–Trinajstić information content (AvgIpc) is 2.75. The highest BCUT2D eigenvalue weighted by Crippen LogP contribution is 2.09. The highest BCUT2D eigenvalue weighted by atomic mass is 16.5. The SMILES string of the molecule is CCCCCCCC/C=C\CCCC/C=C\CCCC(=O)OCc1cccnc1. The lowest BCUT2D eigenvalue weighted by Crippen LogP contribution is -2.04. The molecule has 0 N–H and O–H groups in total. The minimum absolute atomic E-state index is 0.130. The second kappa shape index (κ2) is 19.4. The van der Waals surface area contributed by atoms with Crippen LogP contribution >= 0.6 is 0 Å². The third kappa shape index (κ3) is 16.7. The van der Waals surface area contributed by atoms with Crippen molar-refractivity contribution in [3.63, 3.8) is 0 Å². The molecule has 0 radical (unpaired) electrons. The van der Waals surface area contributed by atoms with Crippen molar-refractivity contribution in [2.75, 3.05) is 0 Å². The maximum Gasteiger partial charge on any atom is 0.306 e. The van der Waals surface area contributed by atoms with E-state index in [0.717, 1.165) is 24.8 Å². The number of esters is 1. The number of allylic oxidation sites excluding steroid dienone is 4. The normalized spacial score (nSPS) is 11.5. The summed E-state index contributed by atoms with van der Waals surface area (Å²) < 4.78 is 5.25. The fourth-order valence-electron chi connectivity index (χ4n) is 3.12. The van der Waals surface area contributed by atoms with Gasteiger partial charge in [-0.05, 0) is 57.4 Å². The molecule has 0 atom stereocenters. The molecule has 3 heteroatoms. The minimum Gasteiger partial charge on any atom is -0.461 e. The van der Waals surface area contributed by atoms with Crippen molar-refractivity contribution in [2.45, 2.75) is 103 Å². The van der Waals surface area contributed by atoms with Gasteiger partial charge in [-0.2, -0.15) is 0 Å². The minimum atomic E-state index is -0.130. The van der Waals surface area contributed by atoms with Gasteiger partial charge in [-0.1, -0.05) is 69.4 Å². The molecule has 0 amide bonds. The van der Waals surface area contributed by atoms with Crippen LogP contribution in [0.2, 0.25) is 0 Å². The quantitative estimate of drug-likeness (QED) is 0.144. The number of unbranched alkanes of at least 4 members (excludes halogenated alkanes) is 10. The number of ether oxygens (including phenoxy) is 1. The van der Waals surface area contributed by atoms with E-state index in [-0.39, 0.29) is 5.97 Å². The molecule has 0 aliphatic rings. The molecule has 1 aromatic heterocycles. The lowest BCUT2D eigenvalue weighted by atomic mass is 10.1. The first-order valence-corrected chi connectivity index (χ1v) is 11.7. The first-order valence-electron chi connectivity index (χ1n) is 11.7. The first-order chi connectivity index (χ1) is 14.3. The Morgan fingerprint density at radius 1 is 0.862 bits per heavy atom. The van der Waals surface area contributed by atoms with E-state index in [9.17, 15) is 4.79 Å². The Balaban J connectivity index is 1.84. The largest absolute Gasteiger partial charge is 0.461 e. The molecule has 0 aliphatic carbocycles. The second-order valence-corrected chi connectivity index (χ2v) is 7.70. The van der Waals surface area contributed by atoms with Crippen LogP contribution in [0, 0.1) is 0 Å². The third-order valence-electron chi connectivity index (χ3n) is 4.92. The van der Waals surface area contributed by atoms with Gasteiger partial charge in [-0.3, -0.25) is 9.78 Å². The van der Waals surface area contributed by atoms with E-state index in [4.69, 9.17) is 4.74 Å². The topological polar surface area (TPSA) is 39.2 Å². The molecule has 29 heavy (non-hydrogen) atoms. The van der Waals surface area contributed by atoms with Crippen LogP contribution in [-0.2, 0) is 16.1 Å². The lowest BCUT2D eigenvalue weighted by molar-refractivity contribution is -0.145. The smallest absolute Gasteiger partial charge is 0.306 e. The van der Waals surface area contributed by atoms with Crippen LogP contribution in [0.5, 0.6) is 0 Å². The van der Waals surface area contributed by atoms with E-state index in [1.807, 2.05) is 12.1 Å². The van der Waals surface area contributed by atoms with Crippen LogP contribution in [0.1, 0.15) is 102 Å². The van der Waals surface area contributed by atoms with Gasteiger partial charge in [0.25, 0.3) is 0 Å². The molecule has 0 spiro atoms. The molecule has 3 nitrogen and oxygen atoms in total. The van der Waals surface area contributed by atoms with E-state index in [2.05, 4.69) is 36.2 Å². The molecule has 1 heterocycles. The highest BCUT2D eigenvalue weighted by Gasteiger charge is 2.02. The number of nitrogens with zero attached hydrogens (tertiary/aromatic N) is 1. The molecule has 1 aromatic rings. The van der Waals surface area contributed by atoms with Crippen molar-refractivity contribution in [1.82, 2.24) is 4.98 Å². The van der Waals surface area contributed by atoms with Gasteiger partial charge < -0.3 is 4.74 Å². The third-order valence-corrected chi connectivity index (χ3v) is 4.92. The summed E-state index contributed by atoms with van der Waals surface area (Å²) in [6.45, 7) is 2.58. The Labute approximate surface area is 178 Å². The number of hydrogen-bond acceptors (Lipinski definition) is 3. The highest BCUT2D eigenvalue weighted by molar-refractivity contribution is 5.69. The Bertz CT molecular complexity index is 551. The van der Waals surface area contributed by atoms with Gasteiger partial charge in [0, 0.05) is 24.4 Å². The molecule has 0 fully saturated rings. The maximum atomic E-state index is 11.7. The van der Waals surface area contributed by atoms with Gasteiger partial charge in [0.15, 0.2) is 0 Å². The van der Waals surface area contributed by atoms with Crippen LogP contribution in [0.3, 0.4) is 0 Å². The van der Waals surface area contributed by atoms with Gasteiger partial charge in [-0.25, -0.2) is 0 Å². The summed E-state index contributed by atoms with van der Waals surface area (Å²) in [5.74, 6) is -0.130. The molecule has 0 aliphatic heterocycles. The number of hydrogen-bond donors (Lipinski definition) is 0. The molecule has 162 valence electrons. The van der Waals surface area contributed by atoms with Gasteiger partial charge in [0.2, 0.25) is 0 Å². The lowest BCUT2D eigenvalue weighted by Gasteiger charge is -2.03. The number of aromatic nitrogens is 1. The van der Waals surface area contributed by atoms with Crippen molar-refractivity contribution >= 4 is 5.97 Å². The summed E-state index contributed by atoms with van der Waals surface area (Å²) in [4.78, 5) is 15.7. The van der Waals surface area contributed by atoms with Gasteiger partial charge in [0.1, 0.15) is 6.61 Å². The Morgan fingerprint density at radius 2 is 1.45 bits per heavy atom. The Morgan fingerprint density at radius 3 is 2.07 bits per heavy atom. The summed E-state index contributed by atoms with van der Waals surface area (Å²) in [5.41, 5.74) is 0.929. The zero-order chi connectivity index (χ0) is 20.8. The predicted octanol–water partition coefficient (Wildman–Crippen LogP) is 7.72. The van der Waals surface area contributed by atoms with Crippen molar-refractivity contribution in [2.24, 2.45) is 0 Å². The van der Waals surface area contributed by atoms with Crippen LogP contribution in [0.15, 0.2) is 48.8 Å². The predicted molar refractivity (Wildman–Crippen MR) is 123 cm³/mol. The standard InChI is InChI=1S/C26H41NO2/c1-2-3-4-5-6-7-8-9-10-11-12-13-14-15-16-17-18-21-26(28)29-24-25-20-19-22-27-23-25/h9-10,15-16,19-20,22-23H,2-8,11-14,17-18,21,24H2,1H3/b10-9-,16-15-. The molecular formula is C26H41NO2. The van der Waals surface area contributed by atoms with Crippen LogP contribution in [0.4, 0.5) is 0 Å². The van der Waals surface area contributed by atoms with Crippen LogP contribution in [0.25, 0.3) is 0 Å². The molecule has 0 bridgehead atoms. The molecule has 1 rings (SSSR count). The van der Waals surface area contributed by atoms with Crippen molar-refractivity contribution in [3.05, 3.63) is 54.4 Å². The average molecular weight is 400 g/mol. The van der Waals surface area contributed by atoms with E-state index in [1.54, 1.807) is 12.4 Å². The maximum absolute atomic E-state index is 11.7. The fraction of sp³-hybridized carbons (Fsp3) is 0.615. The van der Waals surface area contributed by atoms with E-state index >= 15 is 0 Å². The summed E-state index contributed by atoms with van der Waals surface area (Å²) in [6, 6.07) is 3.76. The first kappa shape index (κ1) is 25.1. The van der Waals surface area contributed by atoms with E-state index in [1.165, 1.54) is 64.2 Å². The number of rotatable bonds is 18. The van der Waals surface area contributed by atoms with E-state index < -0.39 is 0 Å². The summed E-state index contributed by atoms with van der Waals surface area (Å²) in [6.07, 6.45) is 29.2. The van der Waals surface area contributed by atoms with Gasteiger partial charge in [0.05, 0.1) is 0 Å². The van der Waals surface area contributed by atoms with Crippen molar-refractivity contribution < 1.29 is 9.53 Å². The molecule has 0 saturated heterocycles. The molecule has 0 aromatic carbocycles. The molecule has 0 unspecified atom stereocenters. The summed E-state index contributed by atoms with van der Waals surface area (Å²) >= 11 is 0. The molecular weight excluding hydrogens is 358 g/mol. The van der Waals surface area contributed by atoms with Crippen LogP contribution < -0.4 is 0 Å². The Kier molecular flexibility index (Phi) is 16.8. The zero-order valence-corrected chi connectivity index (χ0v) is 18.5. The fourth-order valence-corrected chi connectivity index (χ4v) is 3.12. The van der Waals surface area contributed by atoms with Crippen molar-refractivity contribution in [1.29, 1.82) is 0 Å². The van der Waals surface area contributed by atoms with Gasteiger partial charge >= 0.3 is 5.97 Å². The van der Waals surface area contributed by atoms with Crippen molar-refractivity contribution in [3.8, 4) is 0 Å². The number of carbonyl (C=O) groups excluding carboxylic acids is 1. The van der Waals surface area contributed by atoms with Gasteiger partial charge in [-0.15, -0.1) is 0 Å². The summed E-state index contributed by atoms with van der Waals surface area (Å²) in [7, 11) is 0. The monoisotopic (exact) mass is 399 g/mol. The summed E-state index contributed by atoms with van der Waals surface area (Å²) in [5, 5.41) is 0. The zero-order valence-electron chi connectivity index (χ0n) is 18.5.